The van der Waals surface area contributed by atoms with Crippen LogP contribution in [0.4, 0.5) is 0 Å². The first-order valence-electron chi connectivity index (χ1n) is 6.48. The molecule has 18 heavy (non-hydrogen) atoms. The SMILES string of the molecule is COc1ccc(C2(C)C(O)CCC2CO)cc1C. The first-order valence-corrected chi connectivity index (χ1v) is 6.48. The van der Waals surface area contributed by atoms with Crippen LogP contribution >= 0.6 is 0 Å². The Kier molecular flexibility index (Phi) is 3.64. The van der Waals surface area contributed by atoms with Crippen LogP contribution in [0.5, 0.6) is 5.75 Å². The highest BCUT2D eigenvalue weighted by atomic mass is 16.5. The lowest BCUT2D eigenvalue weighted by atomic mass is 9.72. The molecule has 3 unspecified atom stereocenters. The summed E-state index contributed by atoms with van der Waals surface area (Å²) in [6.45, 7) is 4.17. The highest BCUT2D eigenvalue weighted by molar-refractivity contribution is 5.40. The number of methoxy groups -OCH3 is 1. The standard InChI is InChI=1S/C15H22O3/c1-10-8-11(4-6-13(10)18-3)15(2)12(9-16)5-7-14(15)17/h4,6,8,12,14,16-17H,5,7,9H2,1-3H3. The summed E-state index contributed by atoms with van der Waals surface area (Å²) in [6.07, 6.45) is 1.24. The van der Waals surface area contributed by atoms with Gasteiger partial charge in [0.1, 0.15) is 5.75 Å². The van der Waals surface area contributed by atoms with E-state index >= 15 is 0 Å². The lowest BCUT2D eigenvalue weighted by molar-refractivity contribution is 0.0778. The maximum atomic E-state index is 10.3. The zero-order valence-corrected chi connectivity index (χ0v) is 11.3. The van der Waals surface area contributed by atoms with Crippen LogP contribution in [0.3, 0.4) is 0 Å². The van der Waals surface area contributed by atoms with Crippen molar-refractivity contribution >= 4 is 0 Å². The van der Waals surface area contributed by atoms with Crippen molar-refractivity contribution < 1.29 is 14.9 Å². The first-order chi connectivity index (χ1) is 8.53. The number of aliphatic hydroxyl groups excluding tert-OH is 2. The summed E-state index contributed by atoms with van der Waals surface area (Å²) in [6, 6.07) is 6.01. The monoisotopic (exact) mass is 250 g/mol. The number of aryl methyl sites for hydroxylation is 1. The van der Waals surface area contributed by atoms with Gasteiger partial charge in [0.2, 0.25) is 0 Å². The molecule has 0 spiro atoms. The lowest BCUT2D eigenvalue weighted by Gasteiger charge is -2.34. The Bertz CT molecular complexity index is 430. The minimum Gasteiger partial charge on any atom is -0.496 e. The summed E-state index contributed by atoms with van der Waals surface area (Å²) >= 11 is 0. The van der Waals surface area contributed by atoms with Crippen molar-refractivity contribution in [3.05, 3.63) is 29.3 Å². The molecule has 0 bridgehead atoms. The fourth-order valence-corrected chi connectivity index (χ4v) is 3.15. The third-order valence-corrected chi connectivity index (χ3v) is 4.57. The van der Waals surface area contributed by atoms with Gasteiger partial charge in [-0.1, -0.05) is 19.1 Å². The Morgan fingerprint density at radius 2 is 2.11 bits per heavy atom. The van der Waals surface area contributed by atoms with E-state index in [0.717, 1.165) is 29.7 Å². The van der Waals surface area contributed by atoms with Crippen LogP contribution < -0.4 is 4.74 Å². The van der Waals surface area contributed by atoms with Crippen molar-refractivity contribution in [2.45, 2.75) is 38.2 Å². The Hall–Kier alpha value is -1.06. The minimum atomic E-state index is -0.387. The van der Waals surface area contributed by atoms with Crippen LogP contribution in [0.1, 0.15) is 30.9 Å². The number of aliphatic hydroxyl groups is 2. The van der Waals surface area contributed by atoms with Crippen molar-refractivity contribution in [1.82, 2.24) is 0 Å². The van der Waals surface area contributed by atoms with Crippen molar-refractivity contribution in [1.29, 1.82) is 0 Å². The molecule has 100 valence electrons. The molecule has 1 aromatic carbocycles. The van der Waals surface area contributed by atoms with Gasteiger partial charge < -0.3 is 14.9 Å². The Morgan fingerprint density at radius 1 is 1.39 bits per heavy atom. The molecule has 3 heteroatoms. The second-order valence-electron chi connectivity index (χ2n) is 5.44. The van der Waals surface area contributed by atoms with Gasteiger partial charge in [-0.15, -0.1) is 0 Å². The summed E-state index contributed by atoms with van der Waals surface area (Å²) < 4.78 is 5.26. The van der Waals surface area contributed by atoms with E-state index in [4.69, 9.17) is 4.74 Å². The van der Waals surface area contributed by atoms with Gasteiger partial charge in [-0.25, -0.2) is 0 Å². The predicted molar refractivity (Wildman–Crippen MR) is 70.9 cm³/mol. The lowest BCUT2D eigenvalue weighted by Crippen LogP contribution is -2.38. The molecule has 1 saturated carbocycles. The summed E-state index contributed by atoms with van der Waals surface area (Å²) in [5.74, 6) is 0.982. The van der Waals surface area contributed by atoms with Gasteiger partial charge >= 0.3 is 0 Å². The zero-order chi connectivity index (χ0) is 13.3. The molecule has 0 aliphatic heterocycles. The van der Waals surface area contributed by atoms with Crippen LogP contribution in [0.2, 0.25) is 0 Å². The quantitative estimate of drug-likeness (QED) is 0.863. The van der Waals surface area contributed by atoms with E-state index in [0.29, 0.717) is 0 Å². The molecule has 3 atom stereocenters. The molecule has 2 rings (SSSR count). The maximum Gasteiger partial charge on any atom is 0.121 e. The molecular formula is C15H22O3. The van der Waals surface area contributed by atoms with Crippen LogP contribution in [-0.4, -0.2) is 30.0 Å². The Labute approximate surface area is 108 Å². The summed E-state index contributed by atoms with van der Waals surface area (Å²) in [5.41, 5.74) is 1.79. The van der Waals surface area contributed by atoms with E-state index in [-0.39, 0.29) is 24.0 Å². The molecule has 2 N–H and O–H groups in total. The number of rotatable bonds is 3. The normalized spacial score (nSPS) is 31.6. The number of ether oxygens (including phenoxy) is 1. The van der Waals surface area contributed by atoms with Crippen LogP contribution in [0.15, 0.2) is 18.2 Å². The van der Waals surface area contributed by atoms with Crippen molar-refractivity contribution in [3.8, 4) is 5.75 Å². The van der Waals surface area contributed by atoms with Crippen LogP contribution in [0, 0.1) is 12.8 Å². The van der Waals surface area contributed by atoms with E-state index < -0.39 is 0 Å². The van der Waals surface area contributed by atoms with E-state index in [9.17, 15) is 10.2 Å². The molecule has 0 amide bonds. The summed E-state index contributed by atoms with van der Waals surface area (Å²) in [4.78, 5) is 0. The molecule has 0 radical (unpaired) electrons. The molecule has 0 aromatic heterocycles. The average molecular weight is 250 g/mol. The smallest absolute Gasteiger partial charge is 0.121 e. The van der Waals surface area contributed by atoms with Gasteiger partial charge in [0.25, 0.3) is 0 Å². The van der Waals surface area contributed by atoms with Gasteiger partial charge in [-0.3, -0.25) is 0 Å². The largest absolute Gasteiger partial charge is 0.496 e. The molecule has 1 aliphatic rings. The Morgan fingerprint density at radius 3 is 2.67 bits per heavy atom. The molecule has 1 aromatic rings. The van der Waals surface area contributed by atoms with Crippen molar-refractivity contribution in [3.63, 3.8) is 0 Å². The molecule has 0 saturated heterocycles. The Balaban J connectivity index is 2.42. The fraction of sp³-hybridized carbons (Fsp3) is 0.600. The van der Waals surface area contributed by atoms with Gasteiger partial charge in [-0.05, 0) is 42.9 Å². The summed E-state index contributed by atoms with van der Waals surface area (Å²) in [5, 5.41) is 19.8. The van der Waals surface area contributed by atoms with Crippen molar-refractivity contribution in [2.24, 2.45) is 5.92 Å². The van der Waals surface area contributed by atoms with Gasteiger partial charge in [0.15, 0.2) is 0 Å². The number of hydrogen-bond donors (Lipinski definition) is 2. The van der Waals surface area contributed by atoms with E-state index in [1.165, 1.54) is 0 Å². The first kappa shape index (κ1) is 13.4. The fourth-order valence-electron chi connectivity index (χ4n) is 3.15. The molecular weight excluding hydrogens is 228 g/mol. The highest BCUT2D eigenvalue weighted by Gasteiger charge is 2.46. The van der Waals surface area contributed by atoms with Crippen molar-refractivity contribution in [2.75, 3.05) is 13.7 Å². The van der Waals surface area contributed by atoms with Crippen LogP contribution in [-0.2, 0) is 5.41 Å². The second kappa shape index (κ2) is 4.90. The zero-order valence-electron chi connectivity index (χ0n) is 11.3. The third-order valence-electron chi connectivity index (χ3n) is 4.57. The minimum absolute atomic E-state index is 0.124. The van der Waals surface area contributed by atoms with E-state index in [1.807, 2.05) is 26.0 Å². The second-order valence-corrected chi connectivity index (χ2v) is 5.44. The molecule has 3 nitrogen and oxygen atoms in total. The molecule has 1 fully saturated rings. The number of hydrogen-bond acceptors (Lipinski definition) is 3. The topological polar surface area (TPSA) is 49.7 Å². The van der Waals surface area contributed by atoms with Gasteiger partial charge in [0.05, 0.1) is 13.2 Å². The van der Waals surface area contributed by atoms with Gasteiger partial charge in [-0.2, -0.15) is 0 Å². The number of benzene rings is 1. The maximum absolute atomic E-state index is 10.3. The van der Waals surface area contributed by atoms with Crippen LogP contribution in [0.25, 0.3) is 0 Å². The van der Waals surface area contributed by atoms with E-state index in [1.54, 1.807) is 7.11 Å². The predicted octanol–water partition coefficient (Wildman–Crippen LogP) is 2.02. The summed E-state index contributed by atoms with van der Waals surface area (Å²) in [7, 11) is 1.66. The highest BCUT2D eigenvalue weighted by Crippen LogP contribution is 2.46. The van der Waals surface area contributed by atoms with E-state index in [2.05, 4.69) is 6.07 Å². The average Bonchev–Trinajstić information content (AvgIpc) is 2.66. The third kappa shape index (κ3) is 1.91. The van der Waals surface area contributed by atoms with Gasteiger partial charge in [0, 0.05) is 12.0 Å². The molecule has 1 aliphatic carbocycles. The molecule has 0 heterocycles.